The first-order chi connectivity index (χ1) is 11.0. The zero-order valence-corrected chi connectivity index (χ0v) is 13.7. The van der Waals surface area contributed by atoms with Gasteiger partial charge in [0.05, 0.1) is 6.21 Å². The van der Waals surface area contributed by atoms with Gasteiger partial charge in [-0.1, -0.05) is 41.7 Å². The quantitative estimate of drug-likeness (QED) is 0.534. The van der Waals surface area contributed by atoms with Crippen LogP contribution < -0.4 is 16.3 Å². The summed E-state index contributed by atoms with van der Waals surface area (Å²) in [7, 11) is 4.82. The number of thiazole rings is 1. The maximum Gasteiger partial charge on any atom is 0.331 e. The number of benzene rings is 1. The van der Waals surface area contributed by atoms with Gasteiger partial charge in [-0.2, -0.15) is 5.10 Å². The summed E-state index contributed by atoms with van der Waals surface area (Å²) in [4.78, 5) is 29.0. The molecule has 3 rings (SSSR count). The van der Waals surface area contributed by atoms with Gasteiger partial charge < -0.3 is 0 Å². The molecule has 1 aromatic carbocycles. The third-order valence-electron chi connectivity index (χ3n) is 3.44. The molecule has 0 aliphatic rings. The van der Waals surface area contributed by atoms with Crippen molar-refractivity contribution in [2.24, 2.45) is 19.2 Å². The molecule has 2 aromatic heterocycles. The Morgan fingerprint density at radius 3 is 2.57 bits per heavy atom. The minimum atomic E-state index is -0.397. The molecular formula is C15H15N5O2S. The number of fused-ring (bicyclic) bond motifs is 1. The van der Waals surface area contributed by atoms with E-state index in [9.17, 15) is 9.59 Å². The van der Waals surface area contributed by atoms with Gasteiger partial charge in [-0.25, -0.2) is 14.8 Å². The highest BCUT2D eigenvalue weighted by Crippen LogP contribution is 2.25. The Morgan fingerprint density at radius 2 is 1.87 bits per heavy atom. The Kier molecular flexibility index (Phi) is 3.83. The third-order valence-corrected chi connectivity index (χ3v) is 4.64. The van der Waals surface area contributed by atoms with Crippen molar-refractivity contribution in [2.45, 2.75) is 0 Å². The van der Waals surface area contributed by atoms with Crippen LogP contribution in [0.4, 0.5) is 5.13 Å². The third kappa shape index (κ3) is 2.68. The lowest BCUT2D eigenvalue weighted by molar-refractivity contribution is 0.715. The number of aryl methyl sites for hydroxylation is 1. The average molecular weight is 329 g/mol. The van der Waals surface area contributed by atoms with Gasteiger partial charge in [-0.3, -0.25) is 13.9 Å². The highest BCUT2D eigenvalue weighted by atomic mass is 32.1. The summed E-state index contributed by atoms with van der Waals surface area (Å²) in [5.74, 6) is 0. The molecule has 0 aliphatic heterocycles. The summed E-state index contributed by atoms with van der Waals surface area (Å²) < 4.78 is 2.48. The van der Waals surface area contributed by atoms with Crippen LogP contribution in [0, 0.1) is 0 Å². The molecule has 8 heteroatoms. The molecule has 0 atom stereocenters. The topological polar surface area (TPSA) is 72.5 Å². The van der Waals surface area contributed by atoms with Crippen molar-refractivity contribution in [3.05, 3.63) is 56.7 Å². The van der Waals surface area contributed by atoms with E-state index in [0.29, 0.717) is 9.96 Å². The van der Waals surface area contributed by atoms with Crippen LogP contribution in [0.25, 0.3) is 10.3 Å². The molecule has 2 heterocycles. The maximum absolute atomic E-state index is 12.2. The minimum absolute atomic E-state index is 0.274. The molecule has 0 saturated heterocycles. The molecular weight excluding hydrogens is 314 g/mol. The van der Waals surface area contributed by atoms with E-state index in [1.165, 1.54) is 23.0 Å². The molecule has 7 nitrogen and oxygen atoms in total. The predicted molar refractivity (Wildman–Crippen MR) is 92.5 cm³/mol. The molecule has 23 heavy (non-hydrogen) atoms. The molecule has 3 aromatic rings. The van der Waals surface area contributed by atoms with E-state index < -0.39 is 5.56 Å². The first kappa shape index (κ1) is 15.2. The van der Waals surface area contributed by atoms with Gasteiger partial charge in [0.15, 0.2) is 5.52 Å². The highest BCUT2D eigenvalue weighted by Gasteiger charge is 2.15. The zero-order chi connectivity index (χ0) is 16.6. The average Bonchev–Trinajstić information content (AvgIpc) is 3.02. The molecule has 0 aliphatic carbocycles. The first-order valence-corrected chi connectivity index (χ1v) is 7.70. The van der Waals surface area contributed by atoms with Crippen LogP contribution >= 0.6 is 11.3 Å². The van der Waals surface area contributed by atoms with Crippen LogP contribution in [0.2, 0.25) is 0 Å². The molecule has 118 valence electrons. The van der Waals surface area contributed by atoms with E-state index in [1.807, 2.05) is 30.3 Å². The summed E-state index contributed by atoms with van der Waals surface area (Å²) in [5, 5.41) is 6.46. The van der Waals surface area contributed by atoms with Gasteiger partial charge in [0.2, 0.25) is 5.13 Å². The number of hydrogen-bond donors (Lipinski definition) is 0. The van der Waals surface area contributed by atoms with E-state index in [-0.39, 0.29) is 11.2 Å². The fourth-order valence-corrected chi connectivity index (χ4v) is 3.04. The van der Waals surface area contributed by atoms with Crippen molar-refractivity contribution >= 4 is 33.0 Å². The van der Waals surface area contributed by atoms with E-state index in [2.05, 4.69) is 10.1 Å². The number of rotatable bonds is 3. The highest BCUT2D eigenvalue weighted by molar-refractivity contribution is 7.21. The summed E-state index contributed by atoms with van der Waals surface area (Å²) in [6.07, 6.45) is 1.71. The smallest absolute Gasteiger partial charge is 0.286 e. The van der Waals surface area contributed by atoms with Crippen molar-refractivity contribution in [1.82, 2.24) is 14.1 Å². The molecule has 0 amide bonds. The standard InChI is InChI=1S/C15H15N5O2S/c1-18-12(21)11-13(19(2)15(18)22)23-14(17-11)20(3)16-9-10-7-5-4-6-8-10/h4-9H,1-3H3/b16-9+. The van der Waals surface area contributed by atoms with Crippen molar-refractivity contribution < 1.29 is 0 Å². The van der Waals surface area contributed by atoms with Gasteiger partial charge in [0.25, 0.3) is 5.56 Å². The second kappa shape index (κ2) is 5.81. The monoisotopic (exact) mass is 329 g/mol. The van der Waals surface area contributed by atoms with Crippen LogP contribution in [0.15, 0.2) is 45.0 Å². The van der Waals surface area contributed by atoms with E-state index >= 15 is 0 Å². The van der Waals surface area contributed by atoms with Crippen LogP contribution in [0.5, 0.6) is 0 Å². The molecule has 0 unspecified atom stereocenters. The van der Waals surface area contributed by atoms with Crippen LogP contribution in [0.3, 0.4) is 0 Å². The molecule has 0 spiro atoms. The van der Waals surface area contributed by atoms with E-state index in [4.69, 9.17) is 0 Å². The van der Waals surface area contributed by atoms with Gasteiger partial charge in [0.1, 0.15) is 4.83 Å². The second-order valence-corrected chi connectivity index (χ2v) is 5.99. The lowest BCUT2D eigenvalue weighted by Crippen LogP contribution is -2.36. The normalized spacial score (nSPS) is 11.4. The van der Waals surface area contributed by atoms with E-state index in [0.717, 1.165) is 10.1 Å². The van der Waals surface area contributed by atoms with Crippen LogP contribution in [-0.4, -0.2) is 27.4 Å². The SMILES string of the molecule is CN(/N=C/c1ccccc1)c1nc2c(=O)n(C)c(=O)n(C)c2s1. The summed E-state index contributed by atoms with van der Waals surface area (Å²) in [6, 6.07) is 9.67. The lowest BCUT2D eigenvalue weighted by atomic mass is 10.2. The largest absolute Gasteiger partial charge is 0.331 e. The molecule has 0 saturated carbocycles. The number of aromatic nitrogens is 3. The fraction of sp³-hybridized carbons (Fsp3) is 0.200. The fourth-order valence-electron chi connectivity index (χ4n) is 2.11. The number of anilines is 1. The van der Waals surface area contributed by atoms with Gasteiger partial charge in [0, 0.05) is 21.1 Å². The predicted octanol–water partition coefficient (Wildman–Crippen LogP) is 1.16. The van der Waals surface area contributed by atoms with Gasteiger partial charge >= 0.3 is 5.69 Å². The minimum Gasteiger partial charge on any atom is -0.286 e. The molecule has 0 fully saturated rings. The van der Waals surface area contributed by atoms with E-state index in [1.54, 1.807) is 25.3 Å². The Hall–Kier alpha value is -2.74. The molecule has 0 N–H and O–H groups in total. The van der Waals surface area contributed by atoms with Crippen molar-refractivity contribution in [1.29, 1.82) is 0 Å². The van der Waals surface area contributed by atoms with Crippen molar-refractivity contribution in [3.8, 4) is 0 Å². The summed E-state index contributed by atoms with van der Waals surface area (Å²) in [5.41, 5.74) is 0.472. The Bertz CT molecular complexity index is 1000. The number of hydrogen-bond acceptors (Lipinski definition) is 6. The van der Waals surface area contributed by atoms with Gasteiger partial charge in [-0.15, -0.1) is 0 Å². The lowest BCUT2D eigenvalue weighted by Gasteiger charge is -2.07. The molecule has 0 radical (unpaired) electrons. The van der Waals surface area contributed by atoms with Crippen molar-refractivity contribution in [2.75, 3.05) is 12.1 Å². The maximum atomic E-state index is 12.2. The van der Waals surface area contributed by atoms with Crippen LogP contribution in [-0.2, 0) is 14.1 Å². The Balaban J connectivity index is 2.02. The molecule has 0 bridgehead atoms. The number of nitrogens with zero attached hydrogens (tertiary/aromatic N) is 5. The second-order valence-electron chi connectivity index (χ2n) is 5.03. The van der Waals surface area contributed by atoms with Crippen molar-refractivity contribution in [3.63, 3.8) is 0 Å². The summed E-state index contributed by atoms with van der Waals surface area (Å²) >= 11 is 1.25. The Labute approximate surface area is 135 Å². The van der Waals surface area contributed by atoms with Gasteiger partial charge in [-0.05, 0) is 5.56 Å². The summed E-state index contributed by atoms with van der Waals surface area (Å²) in [6.45, 7) is 0. The first-order valence-electron chi connectivity index (χ1n) is 6.88. The van der Waals surface area contributed by atoms with Crippen LogP contribution in [0.1, 0.15) is 5.56 Å². The zero-order valence-electron chi connectivity index (χ0n) is 12.9. The number of hydrazone groups is 1. The Morgan fingerprint density at radius 1 is 1.17 bits per heavy atom.